The van der Waals surface area contributed by atoms with Crippen molar-refractivity contribution >= 4 is 17.4 Å². The largest absolute Gasteiger partial charge is 0.507 e. The summed E-state index contributed by atoms with van der Waals surface area (Å²) >= 11 is 0. The Balaban J connectivity index is 1.84. The number of aryl methyl sites for hydroxylation is 1. The predicted molar refractivity (Wildman–Crippen MR) is 130 cm³/mol. The van der Waals surface area contributed by atoms with Crippen molar-refractivity contribution in [2.75, 3.05) is 6.61 Å². The molecule has 1 amide bonds. The number of hydrogen-bond acceptors (Lipinski definition) is 5. The van der Waals surface area contributed by atoms with Crippen LogP contribution >= 0.6 is 0 Å². The van der Waals surface area contributed by atoms with Crippen LogP contribution in [0, 0.1) is 18.7 Å². The Morgan fingerprint density at radius 1 is 1.11 bits per heavy atom. The third kappa shape index (κ3) is 5.09. The zero-order valence-electron chi connectivity index (χ0n) is 19.9. The number of hydrogen-bond donors (Lipinski definition) is 1. The van der Waals surface area contributed by atoms with Gasteiger partial charge in [0.1, 0.15) is 17.3 Å². The summed E-state index contributed by atoms with van der Waals surface area (Å²) < 4.78 is 19.7. The Kier molecular flexibility index (Phi) is 6.96. The molecule has 1 aliphatic rings. The van der Waals surface area contributed by atoms with Gasteiger partial charge in [0.25, 0.3) is 11.7 Å². The molecule has 0 radical (unpaired) electrons. The molecular weight excluding hydrogens is 447 g/mol. The van der Waals surface area contributed by atoms with Crippen LogP contribution in [0.3, 0.4) is 0 Å². The summed E-state index contributed by atoms with van der Waals surface area (Å²) in [6.07, 6.45) is 3.23. The van der Waals surface area contributed by atoms with Gasteiger partial charge < -0.3 is 14.7 Å². The molecule has 1 aromatic heterocycles. The summed E-state index contributed by atoms with van der Waals surface area (Å²) in [4.78, 5) is 31.9. The van der Waals surface area contributed by atoms with Gasteiger partial charge in [-0.2, -0.15) is 0 Å². The van der Waals surface area contributed by atoms with Gasteiger partial charge in [0.2, 0.25) is 0 Å². The minimum atomic E-state index is -0.851. The fourth-order valence-electron chi connectivity index (χ4n) is 4.06. The molecule has 4 rings (SSSR count). The van der Waals surface area contributed by atoms with Crippen molar-refractivity contribution in [3.05, 3.63) is 101 Å². The lowest BCUT2D eigenvalue weighted by molar-refractivity contribution is -0.140. The molecule has 180 valence electrons. The monoisotopic (exact) mass is 474 g/mol. The van der Waals surface area contributed by atoms with Gasteiger partial charge in [0.15, 0.2) is 0 Å². The highest BCUT2D eigenvalue weighted by atomic mass is 19.1. The van der Waals surface area contributed by atoms with Gasteiger partial charge >= 0.3 is 0 Å². The molecule has 0 spiro atoms. The maximum absolute atomic E-state index is 13.9. The molecule has 3 aromatic rings. The van der Waals surface area contributed by atoms with Gasteiger partial charge in [0, 0.05) is 24.5 Å². The maximum atomic E-state index is 13.9. The molecule has 6 nitrogen and oxygen atoms in total. The number of aliphatic hydroxyl groups is 1. The molecule has 2 aromatic carbocycles. The van der Waals surface area contributed by atoms with E-state index >= 15 is 0 Å². The zero-order valence-corrected chi connectivity index (χ0v) is 19.9. The quantitative estimate of drug-likeness (QED) is 0.290. The highest BCUT2D eigenvalue weighted by Gasteiger charge is 2.46. The van der Waals surface area contributed by atoms with Crippen LogP contribution in [0.2, 0.25) is 0 Å². The summed E-state index contributed by atoms with van der Waals surface area (Å²) in [6.45, 7) is 6.31. The first-order chi connectivity index (χ1) is 16.8. The SMILES string of the molecule is Cc1cc(/C(O)=C2/C(=O)C(=O)N(Cc3ccncc3)C2c2cccc(OCC(C)C)c2)ccc1F. The molecule has 1 saturated heterocycles. The van der Waals surface area contributed by atoms with E-state index in [1.807, 2.05) is 19.9 Å². The van der Waals surface area contributed by atoms with E-state index in [2.05, 4.69) is 4.98 Å². The fourth-order valence-corrected chi connectivity index (χ4v) is 4.06. The Hall–Kier alpha value is -4.00. The third-order valence-electron chi connectivity index (χ3n) is 5.83. The molecule has 7 heteroatoms. The van der Waals surface area contributed by atoms with Crippen LogP contribution in [0.1, 0.15) is 42.1 Å². The standard InChI is InChI=1S/C28H27FN2O4/c1-17(2)16-35-22-6-4-5-20(14-22)25-24(26(32)21-7-8-23(29)18(3)13-21)27(33)28(34)31(25)15-19-9-11-30-12-10-19/h4-14,17,25,32H,15-16H2,1-3H3/b26-24-. The van der Waals surface area contributed by atoms with Gasteiger partial charge in [-0.15, -0.1) is 0 Å². The lowest BCUT2D eigenvalue weighted by Crippen LogP contribution is -2.29. The number of aromatic nitrogens is 1. The Labute approximate surface area is 203 Å². The van der Waals surface area contributed by atoms with Gasteiger partial charge in [0.05, 0.1) is 18.2 Å². The smallest absolute Gasteiger partial charge is 0.295 e. The van der Waals surface area contributed by atoms with E-state index in [4.69, 9.17) is 4.74 Å². The highest BCUT2D eigenvalue weighted by molar-refractivity contribution is 6.46. The topological polar surface area (TPSA) is 79.7 Å². The van der Waals surface area contributed by atoms with E-state index in [1.165, 1.54) is 23.1 Å². The summed E-state index contributed by atoms with van der Waals surface area (Å²) in [5.74, 6) is -1.37. The second-order valence-corrected chi connectivity index (χ2v) is 9.02. The van der Waals surface area contributed by atoms with E-state index in [0.29, 0.717) is 29.4 Å². The molecule has 2 heterocycles. The summed E-state index contributed by atoms with van der Waals surface area (Å²) in [7, 11) is 0. The summed E-state index contributed by atoms with van der Waals surface area (Å²) in [5, 5.41) is 11.2. The number of ketones is 1. The van der Waals surface area contributed by atoms with Crippen LogP contribution < -0.4 is 4.74 Å². The number of amides is 1. The molecule has 35 heavy (non-hydrogen) atoms. The predicted octanol–water partition coefficient (Wildman–Crippen LogP) is 5.19. The molecule has 0 bridgehead atoms. The number of Topliss-reactive ketones (excluding diaryl/α,β-unsaturated/α-hetero) is 1. The number of ether oxygens (including phenoxy) is 1. The first-order valence-corrected chi connectivity index (χ1v) is 11.4. The van der Waals surface area contributed by atoms with Crippen LogP contribution in [-0.4, -0.2) is 33.3 Å². The van der Waals surface area contributed by atoms with Gasteiger partial charge in [-0.25, -0.2) is 4.39 Å². The molecule has 1 fully saturated rings. The van der Waals surface area contributed by atoms with Crippen molar-refractivity contribution in [3.63, 3.8) is 0 Å². The Morgan fingerprint density at radius 2 is 1.86 bits per heavy atom. The van der Waals surface area contributed by atoms with Crippen molar-refractivity contribution in [2.24, 2.45) is 5.92 Å². The second kappa shape index (κ2) is 10.1. The zero-order chi connectivity index (χ0) is 25.1. The van der Waals surface area contributed by atoms with E-state index < -0.39 is 23.5 Å². The molecule has 0 aliphatic carbocycles. The number of carbonyl (C=O) groups is 2. The van der Waals surface area contributed by atoms with E-state index in [0.717, 1.165) is 5.56 Å². The van der Waals surface area contributed by atoms with Crippen LogP contribution in [0.4, 0.5) is 4.39 Å². The van der Waals surface area contributed by atoms with Crippen molar-refractivity contribution in [1.29, 1.82) is 0 Å². The molecule has 1 aliphatic heterocycles. The van der Waals surface area contributed by atoms with Crippen LogP contribution in [0.25, 0.3) is 5.76 Å². The first kappa shape index (κ1) is 24.1. The minimum absolute atomic E-state index is 0.0453. The van der Waals surface area contributed by atoms with E-state index in [1.54, 1.807) is 49.6 Å². The van der Waals surface area contributed by atoms with Crippen molar-refractivity contribution < 1.29 is 23.8 Å². The molecular formula is C28H27FN2O4. The molecule has 1 unspecified atom stereocenters. The number of rotatable bonds is 7. The number of likely N-dealkylation sites (tertiary alicyclic amines) is 1. The highest BCUT2D eigenvalue weighted by Crippen LogP contribution is 2.41. The number of pyridine rings is 1. The summed E-state index contributed by atoms with van der Waals surface area (Å²) in [5.41, 5.74) is 1.96. The van der Waals surface area contributed by atoms with Crippen LogP contribution in [-0.2, 0) is 16.1 Å². The number of benzene rings is 2. The number of halogens is 1. The molecule has 0 saturated carbocycles. The number of nitrogens with zero attached hydrogens (tertiary/aromatic N) is 2. The third-order valence-corrected chi connectivity index (χ3v) is 5.83. The summed E-state index contributed by atoms with van der Waals surface area (Å²) in [6, 6.07) is 13.9. The number of aliphatic hydroxyl groups excluding tert-OH is 1. The average Bonchev–Trinajstić information content (AvgIpc) is 3.09. The normalized spacial score (nSPS) is 17.3. The van der Waals surface area contributed by atoms with E-state index in [9.17, 15) is 19.1 Å². The van der Waals surface area contributed by atoms with Gasteiger partial charge in [-0.3, -0.25) is 14.6 Å². The maximum Gasteiger partial charge on any atom is 0.295 e. The lowest BCUT2D eigenvalue weighted by Gasteiger charge is -2.26. The van der Waals surface area contributed by atoms with Crippen molar-refractivity contribution in [2.45, 2.75) is 33.4 Å². The van der Waals surface area contributed by atoms with Gasteiger partial charge in [-0.05, 0) is 72.0 Å². The first-order valence-electron chi connectivity index (χ1n) is 11.4. The minimum Gasteiger partial charge on any atom is -0.507 e. The van der Waals surface area contributed by atoms with Crippen molar-refractivity contribution in [3.8, 4) is 5.75 Å². The Morgan fingerprint density at radius 3 is 2.54 bits per heavy atom. The fraction of sp³-hybridized carbons (Fsp3) is 0.250. The average molecular weight is 475 g/mol. The second-order valence-electron chi connectivity index (χ2n) is 9.02. The van der Waals surface area contributed by atoms with Crippen LogP contribution in [0.15, 0.2) is 72.6 Å². The van der Waals surface area contributed by atoms with Crippen molar-refractivity contribution in [1.82, 2.24) is 9.88 Å². The lowest BCUT2D eigenvalue weighted by atomic mass is 9.94. The molecule has 1 N–H and O–H groups in total. The number of carbonyl (C=O) groups excluding carboxylic acids is 2. The van der Waals surface area contributed by atoms with Gasteiger partial charge in [-0.1, -0.05) is 26.0 Å². The Bertz CT molecular complexity index is 1290. The van der Waals surface area contributed by atoms with E-state index in [-0.39, 0.29) is 23.4 Å². The van der Waals surface area contributed by atoms with Crippen LogP contribution in [0.5, 0.6) is 5.75 Å². The molecule has 1 atom stereocenters.